The molecular formula is C21H19F3N4O4. The number of alkyl halides is 3. The number of nitrogens with zero attached hydrogens (tertiary/aromatic N) is 3. The van der Waals surface area contributed by atoms with Crippen LogP contribution in [0.25, 0.3) is 5.82 Å². The average Bonchev–Trinajstić information content (AvgIpc) is 3.19. The van der Waals surface area contributed by atoms with Gasteiger partial charge in [-0.25, -0.2) is 14.5 Å². The summed E-state index contributed by atoms with van der Waals surface area (Å²) in [6.45, 7) is 3.17. The molecule has 0 radical (unpaired) electrons. The van der Waals surface area contributed by atoms with Crippen LogP contribution in [-0.4, -0.2) is 39.6 Å². The monoisotopic (exact) mass is 448 g/mol. The maximum atomic E-state index is 12.5. The van der Waals surface area contributed by atoms with E-state index >= 15 is 0 Å². The third kappa shape index (κ3) is 5.84. The molecule has 0 aliphatic heterocycles. The van der Waals surface area contributed by atoms with E-state index in [0.717, 1.165) is 12.1 Å². The van der Waals surface area contributed by atoms with Crippen LogP contribution in [0.1, 0.15) is 35.8 Å². The molecule has 1 aromatic carbocycles. The Hall–Kier alpha value is -3.89. The highest BCUT2D eigenvalue weighted by molar-refractivity contribution is 5.96. The zero-order chi connectivity index (χ0) is 23.3. The number of ether oxygens (including phenoxy) is 2. The van der Waals surface area contributed by atoms with Gasteiger partial charge in [0.15, 0.2) is 12.4 Å². The summed E-state index contributed by atoms with van der Waals surface area (Å²) >= 11 is 0. The molecule has 11 heteroatoms. The first-order valence-corrected chi connectivity index (χ1v) is 9.46. The Morgan fingerprint density at radius 3 is 2.44 bits per heavy atom. The highest BCUT2D eigenvalue weighted by atomic mass is 19.4. The molecule has 0 spiro atoms. The van der Waals surface area contributed by atoms with Crippen molar-refractivity contribution in [2.24, 2.45) is 0 Å². The number of aromatic nitrogens is 3. The van der Waals surface area contributed by atoms with E-state index in [0.29, 0.717) is 11.5 Å². The van der Waals surface area contributed by atoms with E-state index in [-0.39, 0.29) is 17.2 Å². The van der Waals surface area contributed by atoms with Crippen LogP contribution in [0.15, 0.2) is 54.9 Å². The molecule has 8 nitrogen and oxygen atoms in total. The molecule has 0 fully saturated rings. The van der Waals surface area contributed by atoms with Crippen LogP contribution >= 0.6 is 0 Å². The van der Waals surface area contributed by atoms with Gasteiger partial charge in [-0.1, -0.05) is 19.9 Å². The van der Waals surface area contributed by atoms with Gasteiger partial charge < -0.3 is 14.8 Å². The van der Waals surface area contributed by atoms with Gasteiger partial charge in [0, 0.05) is 11.9 Å². The summed E-state index contributed by atoms with van der Waals surface area (Å²) in [6.07, 6.45) is -1.85. The van der Waals surface area contributed by atoms with Crippen LogP contribution in [0.2, 0.25) is 0 Å². The molecular weight excluding hydrogens is 429 g/mol. The van der Waals surface area contributed by atoms with Crippen molar-refractivity contribution in [3.05, 3.63) is 66.1 Å². The van der Waals surface area contributed by atoms with Crippen LogP contribution < -0.4 is 10.1 Å². The zero-order valence-corrected chi connectivity index (χ0v) is 17.1. The molecule has 2 heterocycles. The highest BCUT2D eigenvalue weighted by Gasteiger charge is 2.31. The highest BCUT2D eigenvalue weighted by Crippen LogP contribution is 2.24. The molecule has 0 saturated heterocycles. The lowest BCUT2D eigenvalue weighted by molar-refractivity contribution is -0.274. The van der Waals surface area contributed by atoms with E-state index in [9.17, 15) is 22.8 Å². The fourth-order valence-corrected chi connectivity index (χ4v) is 2.88. The van der Waals surface area contributed by atoms with Crippen LogP contribution in [0, 0.1) is 0 Å². The molecule has 0 aliphatic rings. The quantitative estimate of drug-likeness (QED) is 0.547. The van der Waals surface area contributed by atoms with Gasteiger partial charge in [-0.15, -0.1) is 13.2 Å². The van der Waals surface area contributed by atoms with Crippen LogP contribution in [0.3, 0.4) is 0 Å². The average molecular weight is 448 g/mol. The number of esters is 1. The first-order chi connectivity index (χ1) is 15.1. The Morgan fingerprint density at radius 1 is 1.12 bits per heavy atom. The molecule has 3 rings (SSSR count). The molecule has 0 bridgehead atoms. The summed E-state index contributed by atoms with van der Waals surface area (Å²) in [5.74, 6) is -1.38. The Kier molecular flexibility index (Phi) is 6.76. The number of hydrogen-bond donors (Lipinski definition) is 1. The number of hydrogen-bond acceptors (Lipinski definition) is 6. The molecule has 32 heavy (non-hydrogen) atoms. The first kappa shape index (κ1) is 22.8. The Bertz CT molecular complexity index is 1080. The zero-order valence-electron chi connectivity index (χ0n) is 17.1. The smallest absolute Gasteiger partial charge is 0.452 e. The number of carbonyl (C=O) groups is 2. The summed E-state index contributed by atoms with van der Waals surface area (Å²) in [4.78, 5) is 28.9. The SMILES string of the molecule is CC(C)c1c(C(=O)OCC(=O)Nc2ccc(OC(F)(F)F)cc2)cnn1-c1ccccn1. The molecule has 2 aromatic heterocycles. The topological polar surface area (TPSA) is 95.3 Å². The maximum absolute atomic E-state index is 12.5. The number of anilines is 1. The summed E-state index contributed by atoms with van der Waals surface area (Å²) in [5, 5.41) is 6.64. The van der Waals surface area contributed by atoms with Crippen molar-refractivity contribution in [2.45, 2.75) is 26.1 Å². The Balaban J connectivity index is 1.62. The van der Waals surface area contributed by atoms with Crippen molar-refractivity contribution in [1.29, 1.82) is 0 Å². The van der Waals surface area contributed by atoms with Gasteiger partial charge in [-0.2, -0.15) is 5.10 Å². The minimum atomic E-state index is -4.81. The summed E-state index contributed by atoms with van der Waals surface area (Å²) in [6, 6.07) is 9.85. The number of halogens is 3. The first-order valence-electron chi connectivity index (χ1n) is 9.46. The van der Waals surface area contributed by atoms with Crippen molar-refractivity contribution in [1.82, 2.24) is 14.8 Å². The lowest BCUT2D eigenvalue weighted by Crippen LogP contribution is -2.21. The second-order valence-electron chi connectivity index (χ2n) is 6.89. The summed E-state index contributed by atoms with van der Waals surface area (Å²) < 4.78 is 47.0. The molecule has 0 saturated carbocycles. The largest absolute Gasteiger partial charge is 0.573 e. The van der Waals surface area contributed by atoms with Gasteiger partial charge in [-0.3, -0.25) is 4.79 Å². The van der Waals surface area contributed by atoms with Crippen LogP contribution in [-0.2, 0) is 9.53 Å². The number of benzene rings is 1. The minimum Gasteiger partial charge on any atom is -0.452 e. The number of nitrogens with one attached hydrogen (secondary N) is 1. The molecule has 1 amide bonds. The standard InChI is InChI=1S/C21H19F3N4O4/c1-13(2)19-16(11-26-28(19)17-5-3-4-10-25-17)20(30)31-12-18(29)27-14-6-8-15(9-7-14)32-21(22,23)24/h3-11,13H,12H2,1-2H3,(H,27,29). The third-order valence-corrected chi connectivity index (χ3v) is 4.15. The van der Waals surface area contributed by atoms with Crippen molar-refractivity contribution >= 4 is 17.6 Å². The summed E-state index contributed by atoms with van der Waals surface area (Å²) in [7, 11) is 0. The molecule has 3 aromatic rings. The van der Waals surface area contributed by atoms with Gasteiger partial charge in [0.05, 0.1) is 11.9 Å². The van der Waals surface area contributed by atoms with E-state index in [2.05, 4.69) is 20.1 Å². The van der Waals surface area contributed by atoms with Crippen LogP contribution in [0.5, 0.6) is 5.75 Å². The number of carbonyl (C=O) groups excluding carboxylic acids is 2. The van der Waals surface area contributed by atoms with E-state index in [1.54, 1.807) is 24.4 Å². The second kappa shape index (κ2) is 9.50. The third-order valence-electron chi connectivity index (χ3n) is 4.15. The Labute approximate surface area is 181 Å². The van der Waals surface area contributed by atoms with Crippen molar-refractivity contribution in [3.8, 4) is 11.6 Å². The van der Waals surface area contributed by atoms with Crippen LogP contribution in [0.4, 0.5) is 18.9 Å². The van der Waals surface area contributed by atoms with Crippen molar-refractivity contribution < 1.29 is 32.2 Å². The molecule has 168 valence electrons. The maximum Gasteiger partial charge on any atom is 0.573 e. The van der Waals surface area contributed by atoms with E-state index in [1.807, 2.05) is 13.8 Å². The van der Waals surface area contributed by atoms with E-state index in [4.69, 9.17) is 4.74 Å². The van der Waals surface area contributed by atoms with Crippen molar-refractivity contribution in [2.75, 3.05) is 11.9 Å². The fourth-order valence-electron chi connectivity index (χ4n) is 2.88. The predicted octanol–water partition coefficient (Wildman–Crippen LogP) is 4.08. The van der Waals surface area contributed by atoms with Gasteiger partial charge >= 0.3 is 12.3 Å². The Morgan fingerprint density at radius 2 is 1.84 bits per heavy atom. The molecule has 0 atom stereocenters. The van der Waals surface area contributed by atoms with Gasteiger partial charge in [0.2, 0.25) is 0 Å². The lowest BCUT2D eigenvalue weighted by Gasteiger charge is -2.12. The normalized spacial score (nSPS) is 11.3. The number of rotatable bonds is 7. The second-order valence-corrected chi connectivity index (χ2v) is 6.89. The predicted molar refractivity (Wildman–Crippen MR) is 107 cm³/mol. The van der Waals surface area contributed by atoms with E-state index < -0.39 is 30.6 Å². The lowest BCUT2D eigenvalue weighted by atomic mass is 10.1. The number of amides is 1. The molecule has 0 aliphatic carbocycles. The van der Waals surface area contributed by atoms with Gasteiger partial charge in [0.25, 0.3) is 5.91 Å². The number of pyridine rings is 1. The minimum absolute atomic E-state index is 0.0895. The molecule has 1 N–H and O–H groups in total. The van der Waals surface area contributed by atoms with Gasteiger partial charge in [0.1, 0.15) is 11.3 Å². The summed E-state index contributed by atoms with van der Waals surface area (Å²) in [5.41, 5.74) is 0.993. The van der Waals surface area contributed by atoms with Crippen molar-refractivity contribution in [3.63, 3.8) is 0 Å². The fraction of sp³-hybridized carbons (Fsp3) is 0.238. The van der Waals surface area contributed by atoms with E-state index in [1.165, 1.54) is 23.0 Å². The van der Waals surface area contributed by atoms with Gasteiger partial charge in [-0.05, 0) is 42.3 Å². The molecule has 0 unspecified atom stereocenters.